The van der Waals surface area contributed by atoms with Crippen molar-refractivity contribution >= 4 is 33.5 Å². The predicted octanol–water partition coefficient (Wildman–Crippen LogP) is 3.28. The third kappa shape index (κ3) is 2.55. The van der Waals surface area contributed by atoms with Gasteiger partial charge >= 0.3 is 5.97 Å². The Morgan fingerprint density at radius 3 is 2.81 bits per heavy atom. The highest BCUT2D eigenvalue weighted by molar-refractivity contribution is 9.08. The molecule has 0 heterocycles. The summed E-state index contributed by atoms with van der Waals surface area (Å²) in [5.74, 6) is -0.501. The van der Waals surface area contributed by atoms with Crippen LogP contribution in [0.3, 0.4) is 0 Å². The molecule has 0 atom stereocenters. The van der Waals surface area contributed by atoms with Gasteiger partial charge in [0.2, 0.25) is 0 Å². The highest BCUT2D eigenvalue weighted by Crippen LogP contribution is 2.26. The van der Waals surface area contributed by atoms with Gasteiger partial charge in [-0.15, -0.1) is 0 Å². The minimum atomic E-state index is -0.501. The molecule has 5 heteroatoms. The van der Waals surface area contributed by atoms with Crippen molar-refractivity contribution in [1.29, 1.82) is 5.26 Å². The number of nitrogens with zero attached hydrogens (tertiary/aromatic N) is 1. The first-order chi connectivity index (χ1) is 7.65. The van der Waals surface area contributed by atoms with E-state index >= 15 is 0 Å². The van der Waals surface area contributed by atoms with E-state index in [4.69, 9.17) is 21.6 Å². The van der Waals surface area contributed by atoms with Crippen LogP contribution in [0.1, 0.15) is 28.4 Å². The predicted molar refractivity (Wildman–Crippen MR) is 64.8 cm³/mol. The highest BCUT2D eigenvalue weighted by atomic mass is 79.9. The molecular weight excluding hydrogens is 293 g/mol. The van der Waals surface area contributed by atoms with Gasteiger partial charge in [-0.1, -0.05) is 33.6 Å². The maximum Gasteiger partial charge on any atom is 0.339 e. The number of rotatable bonds is 3. The number of hydrogen-bond acceptors (Lipinski definition) is 3. The Morgan fingerprint density at radius 2 is 2.31 bits per heavy atom. The van der Waals surface area contributed by atoms with Crippen LogP contribution in [0.4, 0.5) is 0 Å². The Balaban J connectivity index is 3.33. The smallest absolute Gasteiger partial charge is 0.339 e. The second-order valence-corrected chi connectivity index (χ2v) is 3.87. The summed E-state index contributed by atoms with van der Waals surface area (Å²) in [5.41, 5.74) is 1.25. The zero-order valence-corrected chi connectivity index (χ0v) is 10.9. The van der Waals surface area contributed by atoms with Crippen LogP contribution in [-0.4, -0.2) is 12.6 Å². The van der Waals surface area contributed by atoms with Gasteiger partial charge in [0.05, 0.1) is 22.8 Å². The maximum atomic E-state index is 11.7. The molecule has 3 nitrogen and oxygen atoms in total. The van der Waals surface area contributed by atoms with Crippen molar-refractivity contribution in [2.45, 2.75) is 12.3 Å². The number of benzene rings is 1. The van der Waals surface area contributed by atoms with Gasteiger partial charge in [-0.05, 0) is 18.6 Å². The number of hydrogen-bond donors (Lipinski definition) is 0. The molecule has 0 saturated carbocycles. The number of carbonyl (C=O) groups is 1. The van der Waals surface area contributed by atoms with Crippen LogP contribution in [-0.2, 0) is 10.1 Å². The number of alkyl halides is 1. The summed E-state index contributed by atoms with van der Waals surface area (Å²) in [6, 6.07) is 5.20. The second-order valence-electron chi connectivity index (χ2n) is 2.93. The molecule has 0 N–H and O–H groups in total. The van der Waals surface area contributed by atoms with Crippen LogP contribution in [0.2, 0.25) is 5.02 Å². The van der Waals surface area contributed by atoms with E-state index in [2.05, 4.69) is 15.9 Å². The molecule has 0 unspecified atom stereocenters. The van der Waals surface area contributed by atoms with Crippen molar-refractivity contribution in [3.05, 3.63) is 33.8 Å². The van der Waals surface area contributed by atoms with Crippen molar-refractivity contribution < 1.29 is 9.53 Å². The Bertz CT molecular complexity index is 454. The number of carbonyl (C=O) groups excluding carboxylic acids is 1. The van der Waals surface area contributed by atoms with Gasteiger partial charge in [0.1, 0.15) is 6.07 Å². The Morgan fingerprint density at radius 1 is 1.62 bits per heavy atom. The van der Waals surface area contributed by atoms with Crippen molar-refractivity contribution in [2.75, 3.05) is 6.61 Å². The third-order valence-corrected chi connectivity index (χ3v) is 2.97. The van der Waals surface area contributed by atoms with Crippen LogP contribution < -0.4 is 0 Å². The zero-order valence-electron chi connectivity index (χ0n) is 8.59. The average Bonchev–Trinajstić information content (AvgIpc) is 2.28. The number of halogens is 2. The van der Waals surface area contributed by atoms with Gasteiger partial charge in [0, 0.05) is 5.33 Å². The van der Waals surface area contributed by atoms with E-state index in [9.17, 15) is 4.79 Å². The Hall–Kier alpha value is -1.05. The Labute approximate surface area is 107 Å². The largest absolute Gasteiger partial charge is 0.462 e. The first kappa shape index (κ1) is 13.0. The number of nitriles is 1. The first-order valence-corrected chi connectivity index (χ1v) is 6.10. The van der Waals surface area contributed by atoms with Gasteiger partial charge < -0.3 is 4.74 Å². The summed E-state index contributed by atoms with van der Waals surface area (Å²) >= 11 is 9.24. The van der Waals surface area contributed by atoms with Crippen molar-refractivity contribution in [1.82, 2.24) is 0 Å². The van der Waals surface area contributed by atoms with Gasteiger partial charge in [0.15, 0.2) is 0 Å². The fourth-order valence-electron chi connectivity index (χ4n) is 1.24. The van der Waals surface area contributed by atoms with Crippen LogP contribution in [0, 0.1) is 11.3 Å². The molecule has 0 aliphatic heterocycles. The molecule has 0 radical (unpaired) electrons. The van der Waals surface area contributed by atoms with Crippen molar-refractivity contribution in [2.24, 2.45) is 0 Å². The molecule has 1 rings (SSSR count). The third-order valence-electron chi connectivity index (χ3n) is 1.97. The van der Waals surface area contributed by atoms with Gasteiger partial charge in [-0.2, -0.15) is 5.26 Å². The molecule has 0 aromatic heterocycles. The molecule has 0 aliphatic carbocycles. The molecule has 84 valence electrons. The lowest BCUT2D eigenvalue weighted by atomic mass is 10.1. The van der Waals surface area contributed by atoms with E-state index < -0.39 is 5.97 Å². The normalized spacial score (nSPS) is 9.62. The standard InChI is InChI=1S/C11H9BrClNO2/c1-2-16-11(15)9-7(5-12)3-4-8(6-14)10(9)13/h3-4H,2,5H2,1H3. The van der Waals surface area contributed by atoms with Crippen LogP contribution >= 0.6 is 27.5 Å². The molecule has 0 amide bonds. The lowest BCUT2D eigenvalue weighted by Crippen LogP contribution is -2.09. The number of esters is 1. The van der Waals surface area contributed by atoms with Crippen LogP contribution in [0.5, 0.6) is 0 Å². The van der Waals surface area contributed by atoms with E-state index in [0.717, 1.165) is 0 Å². The summed E-state index contributed by atoms with van der Waals surface area (Å²) in [6.07, 6.45) is 0. The van der Waals surface area contributed by atoms with E-state index in [-0.39, 0.29) is 22.8 Å². The van der Waals surface area contributed by atoms with Crippen molar-refractivity contribution in [3.63, 3.8) is 0 Å². The highest BCUT2D eigenvalue weighted by Gasteiger charge is 2.18. The summed E-state index contributed by atoms with van der Waals surface area (Å²) in [4.78, 5) is 11.7. The van der Waals surface area contributed by atoms with Crippen LogP contribution in [0.25, 0.3) is 0 Å². The zero-order chi connectivity index (χ0) is 12.1. The molecule has 1 aromatic rings. The fraction of sp³-hybridized carbons (Fsp3) is 0.273. The minimum absolute atomic E-state index is 0.151. The van der Waals surface area contributed by atoms with Gasteiger partial charge in [0.25, 0.3) is 0 Å². The lowest BCUT2D eigenvalue weighted by molar-refractivity contribution is 0.0525. The van der Waals surface area contributed by atoms with Gasteiger partial charge in [-0.3, -0.25) is 0 Å². The minimum Gasteiger partial charge on any atom is -0.462 e. The number of ether oxygens (including phenoxy) is 1. The fourth-order valence-corrected chi connectivity index (χ4v) is 2.01. The maximum absolute atomic E-state index is 11.7. The molecule has 0 spiro atoms. The molecule has 1 aromatic carbocycles. The van der Waals surface area contributed by atoms with E-state index in [1.165, 1.54) is 0 Å². The van der Waals surface area contributed by atoms with E-state index in [0.29, 0.717) is 10.9 Å². The van der Waals surface area contributed by atoms with Crippen molar-refractivity contribution in [3.8, 4) is 6.07 Å². The summed E-state index contributed by atoms with van der Waals surface area (Å²) < 4.78 is 4.90. The molecular formula is C11H9BrClNO2. The Kier molecular flexibility index (Phi) is 4.78. The molecule has 0 bridgehead atoms. The van der Waals surface area contributed by atoms with Crippen LogP contribution in [0.15, 0.2) is 12.1 Å². The van der Waals surface area contributed by atoms with Gasteiger partial charge in [-0.25, -0.2) is 4.79 Å². The second kappa shape index (κ2) is 5.88. The topological polar surface area (TPSA) is 50.1 Å². The summed E-state index contributed by atoms with van der Waals surface area (Å²) in [6.45, 7) is 1.99. The monoisotopic (exact) mass is 301 g/mol. The summed E-state index contributed by atoms with van der Waals surface area (Å²) in [5, 5.41) is 9.45. The average molecular weight is 303 g/mol. The molecule has 0 aliphatic rings. The molecule has 16 heavy (non-hydrogen) atoms. The SMILES string of the molecule is CCOC(=O)c1c(CBr)ccc(C#N)c1Cl. The quantitative estimate of drug-likeness (QED) is 0.636. The first-order valence-electron chi connectivity index (χ1n) is 4.60. The molecule has 0 saturated heterocycles. The van der Waals surface area contributed by atoms with E-state index in [1.54, 1.807) is 19.1 Å². The van der Waals surface area contributed by atoms with E-state index in [1.807, 2.05) is 6.07 Å². The summed E-state index contributed by atoms with van der Waals surface area (Å²) in [7, 11) is 0. The lowest BCUT2D eigenvalue weighted by Gasteiger charge is -2.09. The molecule has 0 fully saturated rings.